The highest BCUT2D eigenvalue weighted by Crippen LogP contribution is 2.26. The second-order valence-corrected chi connectivity index (χ2v) is 5.57. The lowest BCUT2D eigenvalue weighted by Gasteiger charge is -2.34. The molecule has 0 aliphatic carbocycles. The zero-order chi connectivity index (χ0) is 14.2. The molecule has 1 fully saturated rings. The third kappa shape index (κ3) is 4.06. The standard InChI is InChI=1S/C17H25N3/c1-2-20(14-15-9-12-19-13-10-15)17(8-11-18)16-6-4-3-5-7-16/h3-7,15,17,19H,2,8-10,12-14H2,1H3. The molecule has 0 bridgehead atoms. The molecule has 0 aromatic heterocycles. The molecule has 1 aromatic carbocycles. The van der Waals surface area contributed by atoms with Crippen LogP contribution in [0.25, 0.3) is 0 Å². The number of rotatable bonds is 6. The van der Waals surface area contributed by atoms with Crippen LogP contribution in [0.4, 0.5) is 0 Å². The molecule has 108 valence electrons. The van der Waals surface area contributed by atoms with E-state index in [1.807, 2.05) is 6.07 Å². The number of hydrogen-bond acceptors (Lipinski definition) is 3. The first kappa shape index (κ1) is 15.0. The van der Waals surface area contributed by atoms with Gasteiger partial charge in [0.2, 0.25) is 0 Å². The fourth-order valence-corrected chi connectivity index (χ4v) is 3.09. The van der Waals surface area contributed by atoms with Crippen LogP contribution >= 0.6 is 0 Å². The molecule has 20 heavy (non-hydrogen) atoms. The normalized spacial score (nSPS) is 17.9. The van der Waals surface area contributed by atoms with Crippen molar-refractivity contribution in [1.82, 2.24) is 10.2 Å². The van der Waals surface area contributed by atoms with Crippen LogP contribution in [0, 0.1) is 17.2 Å². The van der Waals surface area contributed by atoms with E-state index in [0.29, 0.717) is 6.42 Å². The largest absolute Gasteiger partial charge is 0.317 e. The van der Waals surface area contributed by atoms with Crippen LogP contribution in [0.15, 0.2) is 30.3 Å². The molecule has 3 nitrogen and oxygen atoms in total. The molecule has 1 saturated heterocycles. The highest BCUT2D eigenvalue weighted by atomic mass is 15.2. The zero-order valence-electron chi connectivity index (χ0n) is 12.4. The third-order valence-corrected chi connectivity index (χ3v) is 4.27. The number of nitrogens with zero attached hydrogens (tertiary/aromatic N) is 2. The second kappa shape index (κ2) is 8.04. The molecule has 1 N–H and O–H groups in total. The molecule has 3 heteroatoms. The molecule has 1 atom stereocenters. The predicted molar refractivity (Wildman–Crippen MR) is 82.3 cm³/mol. The van der Waals surface area contributed by atoms with Gasteiger partial charge in [-0.1, -0.05) is 37.3 Å². The molecule has 0 spiro atoms. The van der Waals surface area contributed by atoms with Gasteiger partial charge in [-0.25, -0.2) is 0 Å². The Morgan fingerprint density at radius 2 is 2.00 bits per heavy atom. The number of nitriles is 1. The Labute approximate surface area is 122 Å². The van der Waals surface area contributed by atoms with Gasteiger partial charge in [0.05, 0.1) is 12.5 Å². The summed E-state index contributed by atoms with van der Waals surface area (Å²) in [6.45, 7) is 6.59. The van der Waals surface area contributed by atoms with Gasteiger partial charge in [-0.3, -0.25) is 4.90 Å². The molecule has 0 saturated carbocycles. The number of benzene rings is 1. The van der Waals surface area contributed by atoms with Crippen molar-refractivity contribution in [1.29, 1.82) is 5.26 Å². The van der Waals surface area contributed by atoms with E-state index in [-0.39, 0.29) is 6.04 Å². The Bertz CT molecular complexity index is 418. The zero-order valence-corrected chi connectivity index (χ0v) is 12.4. The number of nitrogens with one attached hydrogen (secondary N) is 1. The first-order chi connectivity index (χ1) is 9.85. The van der Waals surface area contributed by atoms with E-state index in [1.54, 1.807) is 0 Å². The Balaban J connectivity index is 2.06. The fraction of sp³-hybridized carbons (Fsp3) is 0.588. The van der Waals surface area contributed by atoms with E-state index in [9.17, 15) is 0 Å². The van der Waals surface area contributed by atoms with E-state index in [1.165, 1.54) is 18.4 Å². The first-order valence-electron chi connectivity index (χ1n) is 7.71. The van der Waals surface area contributed by atoms with Crippen molar-refractivity contribution in [2.75, 3.05) is 26.2 Å². The number of hydrogen-bond donors (Lipinski definition) is 1. The summed E-state index contributed by atoms with van der Waals surface area (Å²) in [5, 5.41) is 12.6. The van der Waals surface area contributed by atoms with Crippen molar-refractivity contribution in [3.8, 4) is 6.07 Å². The summed E-state index contributed by atoms with van der Waals surface area (Å²) >= 11 is 0. The molecular formula is C17H25N3. The van der Waals surface area contributed by atoms with Gasteiger partial charge in [0.15, 0.2) is 0 Å². The van der Waals surface area contributed by atoms with E-state index in [0.717, 1.165) is 32.1 Å². The summed E-state index contributed by atoms with van der Waals surface area (Å²) in [5.41, 5.74) is 1.27. The molecule has 1 aromatic rings. The highest BCUT2D eigenvalue weighted by molar-refractivity contribution is 5.20. The average molecular weight is 271 g/mol. The summed E-state index contributed by atoms with van der Waals surface area (Å²) in [4.78, 5) is 2.48. The first-order valence-corrected chi connectivity index (χ1v) is 7.71. The van der Waals surface area contributed by atoms with Crippen LogP contribution in [0.5, 0.6) is 0 Å². The Morgan fingerprint density at radius 1 is 1.30 bits per heavy atom. The van der Waals surface area contributed by atoms with Crippen molar-refractivity contribution >= 4 is 0 Å². The lowest BCUT2D eigenvalue weighted by atomic mass is 9.95. The van der Waals surface area contributed by atoms with Crippen molar-refractivity contribution in [2.24, 2.45) is 5.92 Å². The second-order valence-electron chi connectivity index (χ2n) is 5.57. The van der Waals surface area contributed by atoms with Crippen LogP contribution in [-0.4, -0.2) is 31.1 Å². The highest BCUT2D eigenvalue weighted by Gasteiger charge is 2.23. The average Bonchev–Trinajstić information content (AvgIpc) is 2.52. The summed E-state index contributed by atoms with van der Waals surface area (Å²) in [5.74, 6) is 0.765. The van der Waals surface area contributed by atoms with E-state index in [2.05, 4.69) is 47.5 Å². The molecule has 0 amide bonds. The Hall–Kier alpha value is -1.37. The van der Waals surface area contributed by atoms with Crippen LogP contribution in [-0.2, 0) is 0 Å². The fourth-order valence-electron chi connectivity index (χ4n) is 3.09. The molecule has 0 radical (unpaired) electrons. The maximum absolute atomic E-state index is 9.16. The van der Waals surface area contributed by atoms with Gasteiger partial charge < -0.3 is 5.32 Å². The van der Waals surface area contributed by atoms with Crippen LogP contribution in [0.3, 0.4) is 0 Å². The molecule has 1 aliphatic rings. The summed E-state index contributed by atoms with van der Waals surface area (Å²) < 4.78 is 0. The van der Waals surface area contributed by atoms with Gasteiger partial charge in [0.25, 0.3) is 0 Å². The molecule has 1 unspecified atom stereocenters. The molecule has 2 rings (SSSR count). The third-order valence-electron chi connectivity index (χ3n) is 4.27. The quantitative estimate of drug-likeness (QED) is 0.864. The van der Waals surface area contributed by atoms with Gasteiger partial charge in [-0.15, -0.1) is 0 Å². The Morgan fingerprint density at radius 3 is 2.60 bits per heavy atom. The van der Waals surface area contributed by atoms with Crippen molar-refractivity contribution < 1.29 is 0 Å². The van der Waals surface area contributed by atoms with E-state index < -0.39 is 0 Å². The number of piperidine rings is 1. The maximum atomic E-state index is 9.16. The minimum atomic E-state index is 0.237. The smallest absolute Gasteiger partial charge is 0.0641 e. The molecule has 1 heterocycles. The van der Waals surface area contributed by atoms with Crippen molar-refractivity contribution in [3.63, 3.8) is 0 Å². The van der Waals surface area contributed by atoms with Crippen LogP contribution in [0.1, 0.15) is 37.8 Å². The lowest BCUT2D eigenvalue weighted by Crippen LogP contribution is -2.38. The summed E-state index contributed by atoms with van der Waals surface area (Å²) in [6.07, 6.45) is 3.08. The summed E-state index contributed by atoms with van der Waals surface area (Å²) in [7, 11) is 0. The lowest BCUT2D eigenvalue weighted by molar-refractivity contribution is 0.160. The topological polar surface area (TPSA) is 39.1 Å². The summed E-state index contributed by atoms with van der Waals surface area (Å²) in [6, 6.07) is 13.1. The van der Waals surface area contributed by atoms with Gasteiger partial charge >= 0.3 is 0 Å². The van der Waals surface area contributed by atoms with Crippen LogP contribution in [0.2, 0.25) is 0 Å². The minimum absolute atomic E-state index is 0.237. The monoisotopic (exact) mass is 271 g/mol. The minimum Gasteiger partial charge on any atom is -0.317 e. The maximum Gasteiger partial charge on any atom is 0.0641 e. The van der Waals surface area contributed by atoms with E-state index in [4.69, 9.17) is 5.26 Å². The van der Waals surface area contributed by atoms with E-state index >= 15 is 0 Å². The van der Waals surface area contributed by atoms with Crippen molar-refractivity contribution in [3.05, 3.63) is 35.9 Å². The van der Waals surface area contributed by atoms with Crippen molar-refractivity contribution in [2.45, 2.75) is 32.2 Å². The van der Waals surface area contributed by atoms with Crippen LogP contribution < -0.4 is 5.32 Å². The van der Waals surface area contributed by atoms with Gasteiger partial charge in [-0.2, -0.15) is 5.26 Å². The van der Waals surface area contributed by atoms with Gasteiger partial charge in [-0.05, 0) is 44.0 Å². The van der Waals surface area contributed by atoms with Gasteiger partial charge in [0.1, 0.15) is 0 Å². The molecular weight excluding hydrogens is 246 g/mol. The molecule has 1 aliphatic heterocycles. The SMILES string of the molecule is CCN(CC1CCNCC1)C(CC#N)c1ccccc1. The predicted octanol–water partition coefficient (Wildman–Crippen LogP) is 2.96. The van der Waals surface area contributed by atoms with Gasteiger partial charge in [0, 0.05) is 12.6 Å². The Kier molecular flexibility index (Phi) is 6.04.